The first-order valence-corrected chi connectivity index (χ1v) is 3.86. The van der Waals surface area contributed by atoms with Crippen LogP contribution in [0.5, 0.6) is 0 Å². The number of aliphatic hydroxyl groups excluding tert-OH is 1. The first-order valence-electron chi connectivity index (χ1n) is 3.86. The highest BCUT2D eigenvalue weighted by molar-refractivity contribution is 4.84. The summed E-state index contributed by atoms with van der Waals surface area (Å²) in [4.78, 5) is 1.24. The standard InChI is InChI=1S/C7H12F3NO/c1-11-3-2-5(12)4-6(11)7(8,9)10/h5-6,12H,2-4H2,1H3/t5-,6-/m1/s1. The lowest BCUT2D eigenvalue weighted by atomic mass is 10.00. The Hall–Kier alpha value is -0.290. The van der Waals surface area contributed by atoms with Gasteiger partial charge in [0.05, 0.1) is 6.10 Å². The molecule has 0 amide bonds. The van der Waals surface area contributed by atoms with Crippen molar-refractivity contribution in [1.82, 2.24) is 4.90 Å². The molecule has 12 heavy (non-hydrogen) atoms. The van der Waals surface area contributed by atoms with Gasteiger partial charge in [0, 0.05) is 6.54 Å². The summed E-state index contributed by atoms with van der Waals surface area (Å²) in [6.45, 7) is 0.311. The van der Waals surface area contributed by atoms with Gasteiger partial charge < -0.3 is 5.11 Å². The molecule has 2 atom stereocenters. The van der Waals surface area contributed by atoms with Gasteiger partial charge in [-0.2, -0.15) is 13.2 Å². The maximum absolute atomic E-state index is 12.2. The maximum Gasteiger partial charge on any atom is 0.404 e. The average Bonchev–Trinajstić information content (AvgIpc) is 1.92. The lowest BCUT2D eigenvalue weighted by molar-refractivity contribution is -0.195. The number of likely N-dealkylation sites (tertiary alicyclic amines) is 1. The molecular formula is C7H12F3NO. The molecule has 0 unspecified atom stereocenters. The van der Waals surface area contributed by atoms with Crippen LogP contribution in [0.15, 0.2) is 0 Å². The summed E-state index contributed by atoms with van der Waals surface area (Å²) in [7, 11) is 1.43. The average molecular weight is 183 g/mol. The van der Waals surface area contributed by atoms with E-state index in [1.165, 1.54) is 11.9 Å². The Morgan fingerprint density at radius 3 is 2.42 bits per heavy atom. The number of hydrogen-bond acceptors (Lipinski definition) is 2. The molecule has 0 aromatic heterocycles. The summed E-state index contributed by atoms with van der Waals surface area (Å²) in [6.07, 6.45) is -4.77. The SMILES string of the molecule is CN1CC[C@@H](O)C[C@@H]1C(F)(F)F. The highest BCUT2D eigenvalue weighted by Gasteiger charge is 2.44. The van der Waals surface area contributed by atoms with Crippen molar-refractivity contribution in [3.05, 3.63) is 0 Å². The van der Waals surface area contributed by atoms with E-state index in [-0.39, 0.29) is 6.42 Å². The molecule has 1 rings (SSSR count). The van der Waals surface area contributed by atoms with Gasteiger partial charge in [0.15, 0.2) is 0 Å². The summed E-state index contributed by atoms with van der Waals surface area (Å²) < 4.78 is 36.6. The Bertz CT molecular complexity index is 159. The summed E-state index contributed by atoms with van der Waals surface area (Å²) >= 11 is 0. The molecule has 1 fully saturated rings. The van der Waals surface area contributed by atoms with Gasteiger partial charge in [-0.3, -0.25) is 4.90 Å². The molecule has 1 saturated heterocycles. The Kier molecular flexibility index (Phi) is 2.63. The minimum atomic E-state index is -4.21. The van der Waals surface area contributed by atoms with E-state index >= 15 is 0 Å². The highest BCUT2D eigenvalue weighted by atomic mass is 19.4. The van der Waals surface area contributed by atoms with Crippen molar-refractivity contribution in [2.45, 2.75) is 31.2 Å². The number of halogens is 3. The predicted molar refractivity (Wildman–Crippen MR) is 37.7 cm³/mol. The van der Waals surface area contributed by atoms with Crippen LogP contribution in [0.2, 0.25) is 0 Å². The van der Waals surface area contributed by atoms with Crippen molar-refractivity contribution in [3.63, 3.8) is 0 Å². The van der Waals surface area contributed by atoms with Crippen LogP contribution in [-0.2, 0) is 0 Å². The molecule has 0 aromatic rings. The predicted octanol–water partition coefficient (Wildman–Crippen LogP) is 1.00. The lowest BCUT2D eigenvalue weighted by Crippen LogP contribution is -2.50. The van der Waals surface area contributed by atoms with Gasteiger partial charge in [-0.25, -0.2) is 0 Å². The third-order valence-electron chi connectivity index (χ3n) is 2.22. The summed E-state index contributed by atoms with van der Waals surface area (Å²) in [5, 5.41) is 9.03. The number of piperidine rings is 1. The minimum absolute atomic E-state index is 0.194. The molecule has 0 aliphatic carbocycles. The molecule has 1 heterocycles. The van der Waals surface area contributed by atoms with E-state index in [4.69, 9.17) is 5.11 Å². The summed E-state index contributed by atoms with van der Waals surface area (Å²) in [5.74, 6) is 0. The lowest BCUT2D eigenvalue weighted by Gasteiger charge is -2.36. The molecule has 0 aromatic carbocycles. The van der Waals surface area contributed by atoms with E-state index in [2.05, 4.69) is 0 Å². The third kappa shape index (κ3) is 2.10. The number of aliphatic hydroxyl groups is 1. The monoisotopic (exact) mass is 183 g/mol. The zero-order chi connectivity index (χ0) is 9.35. The van der Waals surface area contributed by atoms with Crippen molar-refractivity contribution in [1.29, 1.82) is 0 Å². The fourth-order valence-corrected chi connectivity index (χ4v) is 1.45. The molecule has 2 nitrogen and oxygen atoms in total. The van der Waals surface area contributed by atoms with Crippen LogP contribution >= 0.6 is 0 Å². The van der Waals surface area contributed by atoms with Crippen LogP contribution in [0.3, 0.4) is 0 Å². The minimum Gasteiger partial charge on any atom is -0.393 e. The zero-order valence-corrected chi connectivity index (χ0v) is 6.80. The molecule has 72 valence electrons. The van der Waals surface area contributed by atoms with Crippen LogP contribution in [0.1, 0.15) is 12.8 Å². The van der Waals surface area contributed by atoms with E-state index in [1.807, 2.05) is 0 Å². The van der Waals surface area contributed by atoms with E-state index in [1.54, 1.807) is 0 Å². The molecule has 5 heteroatoms. The quantitative estimate of drug-likeness (QED) is 0.605. The number of nitrogens with zero attached hydrogens (tertiary/aromatic N) is 1. The van der Waals surface area contributed by atoms with Crippen molar-refractivity contribution in [3.8, 4) is 0 Å². The van der Waals surface area contributed by atoms with Gasteiger partial charge in [0.25, 0.3) is 0 Å². The highest BCUT2D eigenvalue weighted by Crippen LogP contribution is 2.30. The second-order valence-electron chi connectivity index (χ2n) is 3.22. The first-order chi connectivity index (χ1) is 5.41. The molecule has 0 radical (unpaired) electrons. The van der Waals surface area contributed by atoms with Gasteiger partial charge in [-0.15, -0.1) is 0 Å². The smallest absolute Gasteiger partial charge is 0.393 e. The van der Waals surface area contributed by atoms with Crippen molar-refractivity contribution < 1.29 is 18.3 Å². The molecule has 1 N–H and O–H groups in total. The maximum atomic E-state index is 12.2. The van der Waals surface area contributed by atoms with Crippen LogP contribution < -0.4 is 0 Å². The summed E-state index contributed by atoms with van der Waals surface area (Å²) in [6, 6.07) is -1.47. The van der Waals surface area contributed by atoms with E-state index in [0.717, 1.165) is 0 Å². The van der Waals surface area contributed by atoms with E-state index in [0.29, 0.717) is 13.0 Å². The first kappa shape index (κ1) is 9.80. The Balaban J connectivity index is 2.61. The Morgan fingerprint density at radius 1 is 1.42 bits per heavy atom. The number of rotatable bonds is 0. The Morgan fingerprint density at radius 2 is 2.00 bits per heavy atom. The van der Waals surface area contributed by atoms with Gasteiger partial charge >= 0.3 is 6.18 Å². The largest absolute Gasteiger partial charge is 0.404 e. The van der Waals surface area contributed by atoms with Crippen molar-refractivity contribution >= 4 is 0 Å². The van der Waals surface area contributed by atoms with Gasteiger partial charge in [-0.05, 0) is 19.9 Å². The topological polar surface area (TPSA) is 23.5 Å². The fourth-order valence-electron chi connectivity index (χ4n) is 1.45. The second-order valence-corrected chi connectivity index (χ2v) is 3.22. The van der Waals surface area contributed by atoms with Crippen molar-refractivity contribution in [2.24, 2.45) is 0 Å². The molecule has 0 bridgehead atoms. The van der Waals surface area contributed by atoms with E-state index < -0.39 is 18.3 Å². The third-order valence-corrected chi connectivity index (χ3v) is 2.22. The van der Waals surface area contributed by atoms with Crippen LogP contribution in [-0.4, -0.2) is 41.9 Å². The molecular weight excluding hydrogens is 171 g/mol. The van der Waals surface area contributed by atoms with Crippen molar-refractivity contribution in [2.75, 3.05) is 13.6 Å². The van der Waals surface area contributed by atoms with Gasteiger partial charge in [-0.1, -0.05) is 0 Å². The summed E-state index contributed by atoms with van der Waals surface area (Å²) in [5.41, 5.74) is 0. The number of hydrogen-bond donors (Lipinski definition) is 1. The van der Waals surface area contributed by atoms with Crippen LogP contribution in [0, 0.1) is 0 Å². The van der Waals surface area contributed by atoms with E-state index in [9.17, 15) is 13.2 Å². The molecule has 0 saturated carbocycles. The second kappa shape index (κ2) is 3.22. The normalized spacial score (nSPS) is 33.8. The molecule has 1 aliphatic rings. The van der Waals surface area contributed by atoms with Crippen LogP contribution in [0.25, 0.3) is 0 Å². The number of alkyl halides is 3. The van der Waals surface area contributed by atoms with Crippen LogP contribution in [0.4, 0.5) is 13.2 Å². The molecule has 1 aliphatic heterocycles. The van der Waals surface area contributed by atoms with Gasteiger partial charge in [0.1, 0.15) is 6.04 Å². The Labute approximate surface area is 69.0 Å². The van der Waals surface area contributed by atoms with Gasteiger partial charge in [0.2, 0.25) is 0 Å². The zero-order valence-electron chi connectivity index (χ0n) is 6.80. The fraction of sp³-hybridized carbons (Fsp3) is 1.00. The molecule has 0 spiro atoms.